The molecule has 0 fully saturated rings. The number of rotatable bonds is 4. The Hall–Kier alpha value is -0.570. The fraction of sp³-hybridized carbons (Fsp3) is 0.889. The quantitative estimate of drug-likeness (QED) is 0.687. The predicted octanol–water partition coefficient (Wildman–Crippen LogP) is 1.90. The molecule has 1 atom stereocenters. The zero-order chi connectivity index (χ0) is 9.98. The summed E-state index contributed by atoms with van der Waals surface area (Å²) in [5.74, 6) is -0.0463. The third-order valence-electron chi connectivity index (χ3n) is 1.62. The first-order valence-electron chi connectivity index (χ1n) is 4.41. The van der Waals surface area contributed by atoms with Gasteiger partial charge < -0.3 is 10.2 Å². The Bertz CT molecular complexity index is 102. The average molecular weight is 176 g/mol. The van der Waals surface area contributed by atoms with Crippen LogP contribution in [0.2, 0.25) is 0 Å². The highest BCUT2D eigenvalue weighted by molar-refractivity contribution is 5.66. The number of carboxylic acids is 1. The van der Waals surface area contributed by atoms with Crippen LogP contribution in [0.1, 0.15) is 40.0 Å². The van der Waals surface area contributed by atoms with Gasteiger partial charge in [0.25, 0.3) is 0 Å². The van der Waals surface area contributed by atoms with Crippen LogP contribution < -0.4 is 0 Å². The zero-order valence-electron chi connectivity index (χ0n) is 8.21. The fourth-order valence-corrected chi connectivity index (χ4v) is 0.425. The van der Waals surface area contributed by atoms with Crippen LogP contribution in [0.5, 0.6) is 0 Å². The Labute approximate surface area is 74.4 Å². The normalized spacial score (nSPS) is 11.3. The number of hydrogen-bond donors (Lipinski definition) is 2. The fourth-order valence-electron chi connectivity index (χ4n) is 0.425. The molecule has 2 N–H and O–H groups in total. The largest absolute Gasteiger partial charge is 0.481 e. The monoisotopic (exact) mass is 176 g/mol. The van der Waals surface area contributed by atoms with E-state index in [1.54, 1.807) is 6.92 Å². The molecule has 0 heterocycles. The average Bonchev–Trinajstić information content (AvgIpc) is 2.06. The molecule has 0 aromatic rings. The molecule has 0 spiro atoms. The van der Waals surface area contributed by atoms with E-state index in [9.17, 15) is 4.79 Å². The van der Waals surface area contributed by atoms with Crippen molar-refractivity contribution in [3.8, 4) is 0 Å². The molecule has 0 amide bonds. The summed E-state index contributed by atoms with van der Waals surface area (Å²) in [5, 5.41) is 16.1. The summed E-state index contributed by atoms with van der Waals surface area (Å²) in [5.41, 5.74) is 0. The van der Waals surface area contributed by atoms with Crippen LogP contribution >= 0.6 is 0 Å². The van der Waals surface area contributed by atoms with Gasteiger partial charge in [0.1, 0.15) is 0 Å². The third-order valence-corrected chi connectivity index (χ3v) is 1.62. The molecule has 0 rings (SSSR count). The summed E-state index contributed by atoms with van der Waals surface area (Å²) in [4.78, 5) is 9.37. The summed E-state index contributed by atoms with van der Waals surface area (Å²) >= 11 is 0. The van der Waals surface area contributed by atoms with Crippen molar-refractivity contribution in [2.75, 3.05) is 6.61 Å². The van der Waals surface area contributed by atoms with Gasteiger partial charge in [-0.25, -0.2) is 0 Å². The van der Waals surface area contributed by atoms with Gasteiger partial charge in [0.2, 0.25) is 0 Å². The van der Waals surface area contributed by atoms with Crippen LogP contribution in [0.25, 0.3) is 0 Å². The standard InChI is InChI=1S/C6H14O.C3H6O2/c1-3-6(2)4-5-7;1-2-3(4)5/h6-7H,3-5H2,1-2H3;2H2,1H3,(H,4,5)/t6-;/m0./s1. The maximum absolute atomic E-state index is 9.37. The van der Waals surface area contributed by atoms with E-state index in [4.69, 9.17) is 10.2 Å². The summed E-state index contributed by atoms with van der Waals surface area (Å²) < 4.78 is 0. The van der Waals surface area contributed by atoms with E-state index in [1.807, 2.05) is 0 Å². The van der Waals surface area contributed by atoms with E-state index in [0.29, 0.717) is 12.5 Å². The van der Waals surface area contributed by atoms with E-state index in [-0.39, 0.29) is 6.42 Å². The molecule has 0 radical (unpaired) electrons. The SMILES string of the molecule is CCC(=O)O.CC[C@H](C)CCO. The lowest BCUT2D eigenvalue weighted by atomic mass is 10.1. The molecule has 0 aliphatic carbocycles. The molecular formula is C9H20O3. The molecule has 0 aliphatic rings. The van der Waals surface area contributed by atoms with Crippen molar-refractivity contribution in [1.82, 2.24) is 0 Å². The number of carbonyl (C=O) groups is 1. The van der Waals surface area contributed by atoms with Crippen molar-refractivity contribution in [3.05, 3.63) is 0 Å². The summed E-state index contributed by atoms with van der Waals surface area (Å²) in [7, 11) is 0. The van der Waals surface area contributed by atoms with Crippen molar-refractivity contribution in [3.63, 3.8) is 0 Å². The lowest BCUT2D eigenvalue weighted by Gasteiger charge is -2.01. The highest BCUT2D eigenvalue weighted by Crippen LogP contribution is 2.03. The van der Waals surface area contributed by atoms with Gasteiger partial charge in [0.15, 0.2) is 0 Å². The Kier molecular flexibility index (Phi) is 12.2. The molecule has 12 heavy (non-hydrogen) atoms. The smallest absolute Gasteiger partial charge is 0.303 e. The van der Waals surface area contributed by atoms with Gasteiger partial charge in [-0.3, -0.25) is 4.79 Å². The van der Waals surface area contributed by atoms with Crippen molar-refractivity contribution in [2.45, 2.75) is 40.0 Å². The second kappa shape index (κ2) is 10.4. The highest BCUT2D eigenvalue weighted by atomic mass is 16.4. The predicted molar refractivity (Wildman–Crippen MR) is 49.1 cm³/mol. The summed E-state index contributed by atoms with van der Waals surface area (Å²) in [6, 6.07) is 0. The Morgan fingerprint density at radius 1 is 1.42 bits per heavy atom. The Morgan fingerprint density at radius 2 is 1.83 bits per heavy atom. The van der Waals surface area contributed by atoms with Gasteiger partial charge in [0.05, 0.1) is 0 Å². The van der Waals surface area contributed by atoms with Crippen molar-refractivity contribution < 1.29 is 15.0 Å². The van der Waals surface area contributed by atoms with Gasteiger partial charge in [-0.05, 0) is 12.3 Å². The number of aliphatic carboxylic acids is 1. The molecule has 3 nitrogen and oxygen atoms in total. The third kappa shape index (κ3) is 16.2. The number of aliphatic hydroxyl groups excluding tert-OH is 1. The number of hydrogen-bond acceptors (Lipinski definition) is 2. The molecule has 0 saturated heterocycles. The maximum atomic E-state index is 9.37. The zero-order valence-corrected chi connectivity index (χ0v) is 8.21. The van der Waals surface area contributed by atoms with Crippen LogP contribution in [0.3, 0.4) is 0 Å². The first-order chi connectivity index (χ1) is 5.58. The minimum absolute atomic E-state index is 0.222. The van der Waals surface area contributed by atoms with E-state index in [0.717, 1.165) is 6.42 Å². The highest BCUT2D eigenvalue weighted by Gasteiger charge is 1.93. The van der Waals surface area contributed by atoms with Crippen molar-refractivity contribution in [1.29, 1.82) is 0 Å². The Balaban J connectivity index is 0. The number of aliphatic hydroxyl groups is 1. The summed E-state index contributed by atoms with van der Waals surface area (Å²) in [6.07, 6.45) is 2.36. The van der Waals surface area contributed by atoms with Crippen molar-refractivity contribution in [2.24, 2.45) is 5.92 Å². The first kappa shape index (κ1) is 14.0. The van der Waals surface area contributed by atoms with Crippen LogP contribution in [0, 0.1) is 5.92 Å². The molecule has 0 unspecified atom stereocenters. The minimum atomic E-state index is -0.745. The minimum Gasteiger partial charge on any atom is -0.481 e. The molecule has 0 saturated carbocycles. The molecule has 0 aromatic heterocycles. The van der Waals surface area contributed by atoms with Gasteiger partial charge in [0, 0.05) is 13.0 Å². The molecule has 0 aliphatic heterocycles. The second-order valence-electron chi connectivity index (χ2n) is 2.77. The maximum Gasteiger partial charge on any atom is 0.303 e. The van der Waals surface area contributed by atoms with E-state index >= 15 is 0 Å². The van der Waals surface area contributed by atoms with E-state index in [1.165, 1.54) is 6.42 Å². The second-order valence-corrected chi connectivity index (χ2v) is 2.77. The molecule has 74 valence electrons. The van der Waals surface area contributed by atoms with Gasteiger partial charge in [-0.1, -0.05) is 27.2 Å². The first-order valence-corrected chi connectivity index (χ1v) is 4.41. The number of carboxylic acid groups (broad SMARTS) is 1. The van der Waals surface area contributed by atoms with Gasteiger partial charge in [-0.15, -0.1) is 0 Å². The van der Waals surface area contributed by atoms with Crippen molar-refractivity contribution >= 4 is 5.97 Å². The lowest BCUT2D eigenvalue weighted by Crippen LogP contribution is -1.94. The lowest BCUT2D eigenvalue weighted by molar-refractivity contribution is -0.136. The molecule has 3 heteroatoms. The molecule has 0 bridgehead atoms. The van der Waals surface area contributed by atoms with E-state index < -0.39 is 5.97 Å². The molecule has 0 aromatic carbocycles. The Morgan fingerprint density at radius 3 is 1.92 bits per heavy atom. The van der Waals surface area contributed by atoms with Gasteiger partial charge in [-0.2, -0.15) is 0 Å². The van der Waals surface area contributed by atoms with Crippen LogP contribution in [-0.2, 0) is 4.79 Å². The van der Waals surface area contributed by atoms with E-state index in [2.05, 4.69) is 13.8 Å². The van der Waals surface area contributed by atoms with Crippen LogP contribution in [0.4, 0.5) is 0 Å². The topological polar surface area (TPSA) is 57.5 Å². The molecular weight excluding hydrogens is 156 g/mol. The van der Waals surface area contributed by atoms with Crippen LogP contribution in [-0.4, -0.2) is 22.8 Å². The van der Waals surface area contributed by atoms with Crippen LogP contribution in [0.15, 0.2) is 0 Å². The summed E-state index contributed by atoms with van der Waals surface area (Å²) in [6.45, 7) is 6.23. The van der Waals surface area contributed by atoms with Gasteiger partial charge >= 0.3 is 5.97 Å².